The molecule has 112 valence electrons. The molecule has 0 saturated heterocycles. The van der Waals surface area contributed by atoms with E-state index < -0.39 is 0 Å². The Morgan fingerprint density at radius 2 is 1.82 bits per heavy atom. The molecule has 4 heteroatoms. The highest BCUT2D eigenvalue weighted by atomic mass is 19.1. The molecule has 1 amide bonds. The molecule has 0 radical (unpaired) electrons. The smallest absolute Gasteiger partial charge is 0.287 e. The molecule has 3 nitrogen and oxygen atoms in total. The number of para-hydroxylation sites is 1. The summed E-state index contributed by atoms with van der Waals surface area (Å²) in [5.74, 6) is -0.254. The number of amides is 1. The molecule has 3 rings (SSSR count). The van der Waals surface area contributed by atoms with Crippen LogP contribution in [0.5, 0.6) is 0 Å². The number of rotatable bonds is 3. The molecule has 0 aliphatic carbocycles. The van der Waals surface area contributed by atoms with Crippen molar-refractivity contribution in [3.63, 3.8) is 0 Å². The lowest BCUT2D eigenvalue weighted by Gasteiger charge is -2.13. The van der Waals surface area contributed by atoms with E-state index in [-0.39, 0.29) is 17.8 Å². The van der Waals surface area contributed by atoms with Crippen LogP contribution in [0.15, 0.2) is 52.9 Å². The van der Waals surface area contributed by atoms with Crippen LogP contribution in [0.4, 0.5) is 4.39 Å². The van der Waals surface area contributed by atoms with Gasteiger partial charge in [0.15, 0.2) is 5.76 Å². The van der Waals surface area contributed by atoms with Gasteiger partial charge in [0.2, 0.25) is 0 Å². The summed E-state index contributed by atoms with van der Waals surface area (Å²) in [5, 5.41) is 3.81. The van der Waals surface area contributed by atoms with Gasteiger partial charge in [-0.1, -0.05) is 30.3 Å². The predicted molar refractivity (Wildman–Crippen MR) is 83.2 cm³/mol. The molecule has 1 aromatic heterocycles. The number of hydrogen-bond acceptors (Lipinski definition) is 2. The summed E-state index contributed by atoms with van der Waals surface area (Å²) in [4.78, 5) is 12.4. The zero-order valence-electron chi connectivity index (χ0n) is 12.4. The second kappa shape index (κ2) is 5.64. The quantitative estimate of drug-likeness (QED) is 0.780. The van der Waals surface area contributed by atoms with Gasteiger partial charge in [0, 0.05) is 10.9 Å². The second-order valence-electron chi connectivity index (χ2n) is 5.30. The van der Waals surface area contributed by atoms with E-state index in [2.05, 4.69) is 5.32 Å². The fourth-order valence-electron chi connectivity index (χ4n) is 2.49. The average Bonchev–Trinajstić information content (AvgIpc) is 2.85. The maximum Gasteiger partial charge on any atom is 0.287 e. The maximum absolute atomic E-state index is 12.9. The summed E-state index contributed by atoms with van der Waals surface area (Å²) in [6.07, 6.45) is 0. The van der Waals surface area contributed by atoms with Gasteiger partial charge in [-0.3, -0.25) is 4.79 Å². The third-order valence-corrected chi connectivity index (χ3v) is 3.77. The van der Waals surface area contributed by atoms with Crippen molar-refractivity contribution in [1.29, 1.82) is 0 Å². The highest BCUT2D eigenvalue weighted by Crippen LogP contribution is 2.25. The highest BCUT2D eigenvalue weighted by Gasteiger charge is 2.19. The van der Waals surface area contributed by atoms with Crippen molar-refractivity contribution in [2.24, 2.45) is 0 Å². The molecule has 3 aromatic rings. The normalized spacial score (nSPS) is 12.3. The number of fused-ring (bicyclic) bond motifs is 1. The summed E-state index contributed by atoms with van der Waals surface area (Å²) in [6, 6.07) is 13.4. The summed E-state index contributed by atoms with van der Waals surface area (Å²) in [5.41, 5.74) is 2.35. The van der Waals surface area contributed by atoms with E-state index in [4.69, 9.17) is 4.42 Å². The first kappa shape index (κ1) is 14.3. The number of furan rings is 1. The Bertz CT molecular complexity index is 821. The molecule has 0 aliphatic rings. The van der Waals surface area contributed by atoms with Crippen LogP contribution < -0.4 is 5.32 Å². The number of aryl methyl sites for hydroxylation is 1. The van der Waals surface area contributed by atoms with Crippen LogP contribution in [0.2, 0.25) is 0 Å². The Hall–Kier alpha value is -2.62. The predicted octanol–water partition coefficient (Wildman–Crippen LogP) is 4.37. The first-order valence-electron chi connectivity index (χ1n) is 7.10. The molecule has 0 saturated carbocycles. The lowest BCUT2D eigenvalue weighted by Crippen LogP contribution is -2.26. The number of nitrogens with one attached hydrogen (secondary N) is 1. The van der Waals surface area contributed by atoms with Gasteiger partial charge < -0.3 is 9.73 Å². The molecule has 0 spiro atoms. The largest absolute Gasteiger partial charge is 0.451 e. The summed E-state index contributed by atoms with van der Waals surface area (Å²) < 4.78 is 18.6. The minimum absolute atomic E-state index is 0.235. The molecule has 0 fully saturated rings. The van der Waals surface area contributed by atoms with Gasteiger partial charge in [-0.2, -0.15) is 0 Å². The molecule has 22 heavy (non-hydrogen) atoms. The Kier molecular flexibility index (Phi) is 3.67. The number of benzene rings is 2. The Balaban J connectivity index is 1.84. The zero-order chi connectivity index (χ0) is 15.7. The fraction of sp³-hybridized carbons (Fsp3) is 0.167. The molecule has 0 unspecified atom stereocenters. The first-order valence-corrected chi connectivity index (χ1v) is 7.10. The zero-order valence-corrected chi connectivity index (χ0v) is 12.4. The summed E-state index contributed by atoms with van der Waals surface area (Å²) in [7, 11) is 0. The summed E-state index contributed by atoms with van der Waals surface area (Å²) in [6.45, 7) is 3.71. The summed E-state index contributed by atoms with van der Waals surface area (Å²) >= 11 is 0. The van der Waals surface area contributed by atoms with Crippen LogP contribution in [-0.2, 0) is 0 Å². The molecule has 1 atom stereocenters. The van der Waals surface area contributed by atoms with E-state index in [0.29, 0.717) is 11.3 Å². The number of halogens is 1. The first-order chi connectivity index (χ1) is 10.6. The van der Waals surface area contributed by atoms with Gasteiger partial charge in [-0.25, -0.2) is 4.39 Å². The van der Waals surface area contributed by atoms with E-state index in [0.717, 1.165) is 16.5 Å². The Morgan fingerprint density at radius 1 is 1.14 bits per heavy atom. The van der Waals surface area contributed by atoms with E-state index in [9.17, 15) is 9.18 Å². The van der Waals surface area contributed by atoms with Crippen LogP contribution in [-0.4, -0.2) is 5.91 Å². The van der Waals surface area contributed by atoms with Gasteiger partial charge in [-0.05, 0) is 37.6 Å². The molecular formula is C18H16FNO2. The van der Waals surface area contributed by atoms with Crippen molar-refractivity contribution < 1.29 is 13.6 Å². The van der Waals surface area contributed by atoms with Gasteiger partial charge in [0.05, 0.1) is 6.04 Å². The number of carbonyl (C=O) groups is 1. The van der Waals surface area contributed by atoms with Gasteiger partial charge in [0.1, 0.15) is 11.4 Å². The van der Waals surface area contributed by atoms with Crippen molar-refractivity contribution in [2.75, 3.05) is 0 Å². The van der Waals surface area contributed by atoms with E-state index >= 15 is 0 Å². The van der Waals surface area contributed by atoms with E-state index in [1.54, 1.807) is 12.1 Å². The van der Waals surface area contributed by atoms with Crippen molar-refractivity contribution >= 4 is 16.9 Å². The number of hydrogen-bond donors (Lipinski definition) is 1. The topological polar surface area (TPSA) is 42.2 Å². The van der Waals surface area contributed by atoms with Crippen molar-refractivity contribution in [2.45, 2.75) is 19.9 Å². The SMILES string of the molecule is Cc1c(C(=O)N[C@H](C)c2ccc(F)cc2)oc2ccccc12. The highest BCUT2D eigenvalue weighted by molar-refractivity contribution is 5.99. The standard InChI is InChI=1S/C18H16FNO2/c1-11-15-5-3-4-6-16(15)22-17(11)18(21)20-12(2)13-7-9-14(19)10-8-13/h3-10,12H,1-2H3,(H,20,21)/t12-/m1/s1. The molecule has 0 aliphatic heterocycles. The number of carbonyl (C=O) groups excluding carboxylic acids is 1. The lowest BCUT2D eigenvalue weighted by atomic mass is 10.1. The van der Waals surface area contributed by atoms with Gasteiger partial charge in [0.25, 0.3) is 5.91 Å². The minimum atomic E-state index is -0.296. The maximum atomic E-state index is 12.9. The van der Waals surface area contributed by atoms with Crippen molar-refractivity contribution in [3.05, 3.63) is 71.2 Å². The van der Waals surface area contributed by atoms with Crippen LogP contribution in [0, 0.1) is 12.7 Å². The second-order valence-corrected chi connectivity index (χ2v) is 5.30. The third kappa shape index (κ3) is 2.60. The molecular weight excluding hydrogens is 281 g/mol. The molecule has 2 aromatic carbocycles. The van der Waals surface area contributed by atoms with Crippen LogP contribution >= 0.6 is 0 Å². The van der Waals surface area contributed by atoms with E-state index in [1.165, 1.54) is 12.1 Å². The van der Waals surface area contributed by atoms with Crippen LogP contribution in [0.25, 0.3) is 11.0 Å². The Morgan fingerprint density at radius 3 is 2.50 bits per heavy atom. The minimum Gasteiger partial charge on any atom is -0.451 e. The van der Waals surface area contributed by atoms with E-state index in [1.807, 2.05) is 38.1 Å². The Labute approximate surface area is 127 Å². The monoisotopic (exact) mass is 297 g/mol. The van der Waals surface area contributed by atoms with Crippen molar-refractivity contribution in [1.82, 2.24) is 5.32 Å². The van der Waals surface area contributed by atoms with Gasteiger partial charge >= 0.3 is 0 Å². The van der Waals surface area contributed by atoms with Gasteiger partial charge in [-0.15, -0.1) is 0 Å². The van der Waals surface area contributed by atoms with Crippen LogP contribution in [0.1, 0.15) is 34.6 Å². The fourth-order valence-corrected chi connectivity index (χ4v) is 2.49. The van der Waals surface area contributed by atoms with Crippen molar-refractivity contribution in [3.8, 4) is 0 Å². The average molecular weight is 297 g/mol. The third-order valence-electron chi connectivity index (χ3n) is 3.77. The molecule has 1 N–H and O–H groups in total. The molecule has 0 bridgehead atoms. The molecule has 1 heterocycles. The lowest BCUT2D eigenvalue weighted by molar-refractivity contribution is 0.0913. The van der Waals surface area contributed by atoms with Crippen LogP contribution in [0.3, 0.4) is 0 Å².